The summed E-state index contributed by atoms with van der Waals surface area (Å²) in [5.41, 5.74) is 2.32. The molecule has 1 N–H and O–H groups in total. The second kappa shape index (κ2) is 10.7. The molecule has 11 heteroatoms. The predicted molar refractivity (Wildman–Crippen MR) is 130 cm³/mol. The van der Waals surface area contributed by atoms with Crippen molar-refractivity contribution >= 4 is 15.7 Å². The Labute approximate surface area is 209 Å². The Morgan fingerprint density at radius 3 is 2.56 bits per heavy atom. The lowest BCUT2D eigenvalue weighted by Crippen LogP contribution is -2.51. The molecule has 4 rings (SSSR count). The number of halogens is 1. The number of hydroxylamine groups is 1. The molecule has 1 amide bonds. The first-order valence-electron chi connectivity index (χ1n) is 12.0. The van der Waals surface area contributed by atoms with Crippen LogP contribution in [0.25, 0.3) is 11.1 Å². The fourth-order valence-electron chi connectivity index (χ4n) is 3.87. The van der Waals surface area contributed by atoms with Crippen LogP contribution in [0.5, 0.6) is 5.75 Å². The van der Waals surface area contributed by atoms with Gasteiger partial charge in [-0.3, -0.25) is 9.59 Å². The quantitative estimate of drug-likeness (QED) is 0.478. The van der Waals surface area contributed by atoms with Crippen LogP contribution >= 0.6 is 0 Å². The topological polar surface area (TPSA) is 113 Å². The number of aryl methyl sites for hydroxylation is 1. The molecular formula is C25H31FN2O7S. The maximum atomic E-state index is 15.0. The van der Waals surface area contributed by atoms with Crippen molar-refractivity contribution in [3.05, 3.63) is 52.7 Å². The first-order valence-corrected chi connectivity index (χ1v) is 13.9. The van der Waals surface area contributed by atoms with Crippen molar-refractivity contribution < 1.29 is 31.9 Å². The molecule has 1 saturated heterocycles. The van der Waals surface area contributed by atoms with Crippen molar-refractivity contribution in [1.82, 2.24) is 10.0 Å². The summed E-state index contributed by atoms with van der Waals surface area (Å²) < 4.78 is 50.3. The Hall–Kier alpha value is -2.76. The fourth-order valence-corrected chi connectivity index (χ4v) is 4.71. The number of benzene rings is 1. The number of ether oxygens (including phenoxy) is 2. The van der Waals surface area contributed by atoms with Crippen molar-refractivity contribution in [3.63, 3.8) is 0 Å². The molecule has 0 radical (unpaired) electrons. The third-order valence-electron chi connectivity index (χ3n) is 6.62. The minimum absolute atomic E-state index is 0.124. The van der Waals surface area contributed by atoms with Gasteiger partial charge in [-0.1, -0.05) is 12.1 Å². The predicted octanol–water partition coefficient (Wildman–Crippen LogP) is 2.96. The van der Waals surface area contributed by atoms with Gasteiger partial charge in [-0.05, 0) is 56.7 Å². The zero-order chi connectivity index (χ0) is 25.9. The Morgan fingerprint density at radius 2 is 1.94 bits per heavy atom. The highest BCUT2D eigenvalue weighted by atomic mass is 32.2. The highest BCUT2D eigenvalue weighted by Gasteiger charge is 2.44. The number of amides is 1. The number of nitrogens with one attached hydrogen (secondary N) is 1. The van der Waals surface area contributed by atoms with Crippen molar-refractivity contribution in [3.8, 4) is 16.9 Å². The molecule has 1 saturated carbocycles. The van der Waals surface area contributed by atoms with E-state index >= 15 is 0 Å². The van der Waals surface area contributed by atoms with Crippen LogP contribution in [0.2, 0.25) is 0 Å². The second-order valence-electron chi connectivity index (χ2n) is 9.51. The van der Waals surface area contributed by atoms with Gasteiger partial charge in [0.25, 0.3) is 11.5 Å². The largest absolute Gasteiger partial charge is 0.490 e. The summed E-state index contributed by atoms with van der Waals surface area (Å²) in [6, 6.07) is 7.99. The van der Waals surface area contributed by atoms with E-state index in [1.165, 1.54) is 6.92 Å². The summed E-state index contributed by atoms with van der Waals surface area (Å²) in [5, 5.41) is 0. The average Bonchev–Trinajstić information content (AvgIpc) is 3.67. The van der Waals surface area contributed by atoms with Gasteiger partial charge in [0.1, 0.15) is 11.6 Å². The number of carbonyl (C=O) groups excluding carboxylic acids is 1. The normalized spacial score (nSPS) is 19.9. The fraction of sp³-hybridized carbons (Fsp3) is 0.520. The number of aromatic nitrogens is 1. The van der Waals surface area contributed by atoms with Crippen LogP contribution in [-0.2, 0) is 30.8 Å². The number of carbonyl (C=O) groups is 1. The van der Waals surface area contributed by atoms with Gasteiger partial charge >= 0.3 is 0 Å². The molecule has 1 aliphatic heterocycles. The Balaban J connectivity index is 1.46. The summed E-state index contributed by atoms with van der Waals surface area (Å²) in [4.78, 5) is 30.8. The molecule has 0 spiro atoms. The highest BCUT2D eigenvalue weighted by molar-refractivity contribution is 7.92. The smallest absolute Gasteiger partial charge is 0.264 e. The monoisotopic (exact) mass is 522 g/mol. The van der Waals surface area contributed by atoms with E-state index in [0.717, 1.165) is 48.8 Å². The Morgan fingerprint density at radius 1 is 1.22 bits per heavy atom. The van der Waals surface area contributed by atoms with Gasteiger partial charge in [-0.15, -0.1) is 0 Å². The van der Waals surface area contributed by atoms with Crippen LogP contribution < -0.4 is 15.8 Å². The van der Waals surface area contributed by atoms with Crippen LogP contribution in [0, 0.1) is 5.82 Å². The summed E-state index contributed by atoms with van der Waals surface area (Å²) in [5.74, 6) is -0.834. The van der Waals surface area contributed by atoms with Gasteiger partial charge < -0.3 is 14.0 Å². The molecule has 1 unspecified atom stereocenters. The van der Waals surface area contributed by atoms with Crippen LogP contribution in [-0.4, -0.2) is 48.9 Å². The minimum atomic E-state index is -3.92. The van der Waals surface area contributed by atoms with E-state index in [1.807, 2.05) is 0 Å². The molecule has 1 aliphatic carbocycles. The van der Waals surface area contributed by atoms with Crippen LogP contribution in [0.15, 0.2) is 41.3 Å². The van der Waals surface area contributed by atoms with Crippen LogP contribution in [0.1, 0.15) is 45.4 Å². The standard InChI is InChI=1S/C25H31FN2O7S/c1-25(36(2,31)32,24(30)27-35-23-5-3-4-14-33-23)12-13-28-16-21(26)20(15-22(28)29)17-6-8-18(9-7-17)34-19-10-11-19/h6-9,15-16,19,23H,3-5,10-14H2,1-2H3,(H,27,30)/t23?,25-/m1/s1. The van der Waals surface area contributed by atoms with Crippen molar-refractivity contribution in [1.29, 1.82) is 0 Å². The first kappa shape index (κ1) is 26.3. The van der Waals surface area contributed by atoms with E-state index in [1.54, 1.807) is 24.3 Å². The van der Waals surface area contributed by atoms with E-state index in [9.17, 15) is 22.4 Å². The molecule has 196 valence electrons. The van der Waals surface area contributed by atoms with Gasteiger partial charge in [-0.25, -0.2) is 23.1 Å². The van der Waals surface area contributed by atoms with Crippen molar-refractivity contribution in [2.45, 2.75) is 69.1 Å². The molecule has 1 aromatic heterocycles. The van der Waals surface area contributed by atoms with Gasteiger partial charge in [0.05, 0.1) is 6.10 Å². The summed E-state index contributed by atoms with van der Waals surface area (Å²) >= 11 is 0. The van der Waals surface area contributed by atoms with Crippen LogP contribution in [0.3, 0.4) is 0 Å². The lowest BCUT2D eigenvalue weighted by molar-refractivity contribution is -0.201. The zero-order valence-electron chi connectivity index (χ0n) is 20.4. The second-order valence-corrected chi connectivity index (χ2v) is 12.0. The summed E-state index contributed by atoms with van der Waals surface area (Å²) in [6.45, 7) is 1.55. The van der Waals surface area contributed by atoms with E-state index in [-0.39, 0.29) is 24.6 Å². The third kappa shape index (κ3) is 6.13. The molecule has 9 nitrogen and oxygen atoms in total. The van der Waals surface area contributed by atoms with Crippen LogP contribution in [0.4, 0.5) is 4.39 Å². The average molecular weight is 523 g/mol. The Kier molecular flexibility index (Phi) is 7.82. The molecule has 1 aromatic carbocycles. The molecule has 2 aromatic rings. The molecule has 2 aliphatic rings. The van der Waals surface area contributed by atoms with Gasteiger partial charge in [0.2, 0.25) is 0 Å². The number of nitrogens with zero attached hydrogens (tertiary/aromatic N) is 1. The van der Waals surface area contributed by atoms with E-state index < -0.39 is 38.2 Å². The van der Waals surface area contributed by atoms with Gasteiger partial charge in [-0.2, -0.15) is 0 Å². The molecular weight excluding hydrogens is 491 g/mol. The molecule has 0 bridgehead atoms. The van der Waals surface area contributed by atoms with Crippen molar-refractivity contribution in [2.24, 2.45) is 0 Å². The van der Waals surface area contributed by atoms with E-state index in [0.29, 0.717) is 24.3 Å². The van der Waals surface area contributed by atoms with E-state index in [4.69, 9.17) is 14.3 Å². The molecule has 2 fully saturated rings. The zero-order valence-corrected chi connectivity index (χ0v) is 21.2. The Bertz CT molecular complexity index is 1250. The SMILES string of the molecule is C[C@@](CCn1cc(F)c(-c2ccc(OC3CC3)cc2)cc1=O)(C(=O)NOC1CCCCO1)S(C)(=O)=O. The molecule has 2 atom stereocenters. The van der Waals surface area contributed by atoms with Gasteiger partial charge in [0.15, 0.2) is 20.9 Å². The summed E-state index contributed by atoms with van der Waals surface area (Å²) in [6.07, 6.45) is 5.67. The number of pyridine rings is 1. The van der Waals surface area contributed by atoms with Crippen molar-refractivity contribution in [2.75, 3.05) is 12.9 Å². The van der Waals surface area contributed by atoms with Gasteiger partial charge in [0, 0.05) is 43.7 Å². The lowest BCUT2D eigenvalue weighted by atomic mass is 10.1. The highest BCUT2D eigenvalue weighted by Crippen LogP contribution is 2.29. The lowest BCUT2D eigenvalue weighted by Gasteiger charge is -2.28. The number of sulfone groups is 1. The number of hydrogen-bond acceptors (Lipinski definition) is 7. The first-order chi connectivity index (χ1) is 17.1. The molecule has 36 heavy (non-hydrogen) atoms. The maximum Gasteiger partial charge on any atom is 0.264 e. The van der Waals surface area contributed by atoms with E-state index in [2.05, 4.69) is 5.48 Å². The third-order valence-corrected chi connectivity index (χ3v) is 8.65. The number of rotatable bonds is 10. The minimum Gasteiger partial charge on any atom is -0.490 e. The molecule has 2 heterocycles. The summed E-state index contributed by atoms with van der Waals surface area (Å²) in [7, 11) is -3.92. The number of hydrogen-bond donors (Lipinski definition) is 1. The maximum absolute atomic E-state index is 15.0.